The molecule has 1 aliphatic rings. The van der Waals surface area contributed by atoms with Crippen LogP contribution in [0.1, 0.15) is 25.1 Å². The minimum atomic E-state index is -0.693. The summed E-state index contributed by atoms with van der Waals surface area (Å²) in [5.41, 5.74) is 0.492. The van der Waals surface area contributed by atoms with E-state index in [-0.39, 0.29) is 6.04 Å². The van der Waals surface area contributed by atoms with Gasteiger partial charge in [0.05, 0.1) is 31.2 Å². The Balaban J connectivity index is 1.91. The average molecular weight is 240 g/mol. The quantitative estimate of drug-likeness (QED) is 0.828. The number of aromatic nitrogens is 1. The summed E-state index contributed by atoms with van der Waals surface area (Å²) in [4.78, 5) is 3.87. The lowest BCUT2D eigenvalue weighted by Gasteiger charge is -2.30. The lowest BCUT2D eigenvalue weighted by atomic mass is 10.0. The molecule has 2 rings (SSSR count). The third-order valence-electron chi connectivity index (χ3n) is 2.81. The summed E-state index contributed by atoms with van der Waals surface area (Å²) in [5, 5.41) is 13.3. The van der Waals surface area contributed by atoms with Crippen LogP contribution in [0.5, 0.6) is 0 Å². The summed E-state index contributed by atoms with van der Waals surface area (Å²) in [6, 6.07) is 3.22. The Morgan fingerprint density at radius 1 is 1.59 bits per heavy atom. The molecule has 1 aromatic heterocycles. The third kappa shape index (κ3) is 3.46. The predicted molar refractivity (Wildman–Crippen MR) is 61.0 cm³/mol. The molecule has 0 saturated carbocycles. The Labute approximate surface area is 99.8 Å². The van der Waals surface area contributed by atoms with Crippen LogP contribution in [-0.2, 0) is 4.74 Å². The fraction of sp³-hybridized carbons (Fsp3) is 0.583. The first-order valence-corrected chi connectivity index (χ1v) is 5.78. The fourth-order valence-electron chi connectivity index (χ4n) is 2.00. The van der Waals surface area contributed by atoms with E-state index in [0.29, 0.717) is 31.4 Å². The third-order valence-corrected chi connectivity index (χ3v) is 2.81. The Bertz CT molecular complexity index is 358. The number of aliphatic hydroxyl groups is 1. The molecule has 0 bridgehead atoms. The Morgan fingerprint density at radius 3 is 3.06 bits per heavy atom. The Hall–Kier alpha value is -1.04. The van der Waals surface area contributed by atoms with E-state index >= 15 is 0 Å². The molecule has 1 saturated heterocycles. The highest BCUT2D eigenvalue weighted by Gasteiger charge is 2.22. The SMILES string of the molecule is CC1COCC(CC(O)c2ccc(F)cn2)N1. The van der Waals surface area contributed by atoms with Crippen molar-refractivity contribution in [2.75, 3.05) is 13.2 Å². The van der Waals surface area contributed by atoms with Crippen molar-refractivity contribution in [1.82, 2.24) is 10.3 Å². The monoisotopic (exact) mass is 240 g/mol. The maximum absolute atomic E-state index is 12.7. The van der Waals surface area contributed by atoms with Gasteiger partial charge in [-0.25, -0.2) is 4.39 Å². The molecule has 1 fully saturated rings. The van der Waals surface area contributed by atoms with E-state index in [4.69, 9.17) is 4.74 Å². The van der Waals surface area contributed by atoms with E-state index in [1.54, 1.807) is 0 Å². The van der Waals surface area contributed by atoms with Crippen LogP contribution < -0.4 is 5.32 Å². The van der Waals surface area contributed by atoms with E-state index in [1.807, 2.05) is 6.92 Å². The number of nitrogens with zero attached hydrogens (tertiary/aromatic N) is 1. The highest BCUT2D eigenvalue weighted by atomic mass is 19.1. The number of rotatable bonds is 3. The lowest BCUT2D eigenvalue weighted by Crippen LogP contribution is -2.47. The van der Waals surface area contributed by atoms with E-state index < -0.39 is 11.9 Å². The second-order valence-corrected chi connectivity index (χ2v) is 4.45. The minimum Gasteiger partial charge on any atom is -0.387 e. The van der Waals surface area contributed by atoms with Crippen molar-refractivity contribution in [3.63, 3.8) is 0 Å². The van der Waals surface area contributed by atoms with Gasteiger partial charge in [-0.1, -0.05) is 0 Å². The van der Waals surface area contributed by atoms with Crippen molar-refractivity contribution >= 4 is 0 Å². The highest BCUT2D eigenvalue weighted by molar-refractivity contribution is 5.08. The predicted octanol–water partition coefficient (Wildman–Crippen LogP) is 1.02. The van der Waals surface area contributed by atoms with E-state index in [2.05, 4.69) is 10.3 Å². The summed E-state index contributed by atoms with van der Waals surface area (Å²) in [6.07, 6.45) is 0.941. The highest BCUT2D eigenvalue weighted by Crippen LogP contribution is 2.18. The van der Waals surface area contributed by atoms with Crippen LogP contribution in [0.3, 0.4) is 0 Å². The first kappa shape index (κ1) is 12.4. The number of morpholine rings is 1. The lowest BCUT2D eigenvalue weighted by molar-refractivity contribution is 0.0297. The second-order valence-electron chi connectivity index (χ2n) is 4.45. The number of aliphatic hydroxyl groups excluding tert-OH is 1. The van der Waals surface area contributed by atoms with Crippen molar-refractivity contribution in [3.05, 3.63) is 29.8 Å². The molecule has 0 aromatic carbocycles. The zero-order chi connectivity index (χ0) is 12.3. The van der Waals surface area contributed by atoms with Crippen molar-refractivity contribution < 1.29 is 14.2 Å². The minimum absolute atomic E-state index is 0.112. The van der Waals surface area contributed by atoms with Gasteiger partial charge in [0.15, 0.2) is 0 Å². The maximum atomic E-state index is 12.7. The molecule has 1 aromatic rings. The van der Waals surface area contributed by atoms with Gasteiger partial charge in [-0.05, 0) is 25.5 Å². The molecule has 0 aliphatic carbocycles. The fourth-order valence-corrected chi connectivity index (χ4v) is 2.00. The van der Waals surface area contributed by atoms with Gasteiger partial charge in [0.2, 0.25) is 0 Å². The zero-order valence-corrected chi connectivity index (χ0v) is 9.77. The molecule has 94 valence electrons. The average Bonchev–Trinajstić information content (AvgIpc) is 2.29. The molecule has 0 amide bonds. The largest absolute Gasteiger partial charge is 0.387 e. The second kappa shape index (κ2) is 5.53. The van der Waals surface area contributed by atoms with Gasteiger partial charge in [0.25, 0.3) is 0 Å². The van der Waals surface area contributed by atoms with E-state index in [1.165, 1.54) is 12.1 Å². The summed E-state index contributed by atoms with van der Waals surface area (Å²) >= 11 is 0. The molecule has 2 N–H and O–H groups in total. The molecular formula is C12H17FN2O2. The molecule has 3 unspecified atom stereocenters. The van der Waals surface area contributed by atoms with Gasteiger partial charge in [0.1, 0.15) is 5.82 Å². The number of hydrogen-bond donors (Lipinski definition) is 2. The van der Waals surface area contributed by atoms with Crippen LogP contribution in [0, 0.1) is 5.82 Å². The van der Waals surface area contributed by atoms with Crippen molar-refractivity contribution in [2.24, 2.45) is 0 Å². The van der Waals surface area contributed by atoms with E-state index in [9.17, 15) is 9.50 Å². The van der Waals surface area contributed by atoms with Crippen LogP contribution in [0.2, 0.25) is 0 Å². The van der Waals surface area contributed by atoms with Crippen molar-refractivity contribution in [3.8, 4) is 0 Å². The topological polar surface area (TPSA) is 54.4 Å². The molecule has 2 heterocycles. The van der Waals surface area contributed by atoms with Crippen molar-refractivity contribution in [1.29, 1.82) is 0 Å². The Morgan fingerprint density at radius 2 is 2.41 bits per heavy atom. The van der Waals surface area contributed by atoms with Gasteiger partial charge in [-0.3, -0.25) is 4.98 Å². The van der Waals surface area contributed by atoms with Crippen LogP contribution in [0.15, 0.2) is 18.3 Å². The normalized spacial score (nSPS) is 26.8. The first-order valence-electron chi connectivity index (χ1n) is 5.78. The molecule has 0 radical (unpaired) electrons. The van der Waals surface area contributed by atoms with Crippen LogP contribution in [0.4, 0.5) is 4.39 Å². The van der Waals surface area contributed by atoms with Gasteiger partial charge in [-0.2, -0.15) is 0 Å². The van der Waals surface area contributed by atoms with E-state index in [0.717, 1.165) is 6.20 Å². The molecule has 3 atom stereocenters. The van der Waals surface area contributed by atoms with Gasteiger partial charge >= 0.3 is 0 Å². The molecule has 5 heteroatoms. The Kier molecular flexibility index (Phi) is 4.04. The van der Waals surface area contributed by atoms with Crippen LogP contribution in [0.25, 0.3) is 0 Å². The van der Waals surface area contributed by atoms with Gasteiger partial charge < -0.3 is 15.2 Å². The van der Waals surface area contributed by atoms with Gasteiger partial charge in [-0.15, -0.1) is 0 Å². The molecule has 4 nitrogen and oxygen atoms in total. The van der Waals surface area contributed by atoms with Gasteiger partial charge in [0, 0.05) is 12.1 Å². The first-order chi connectivity index (χ1) is 8.15. The number of halogens is 1. The van der Waals surface area contributed by atoms with Crippen LogP contribution >= 0.6 is 0 Å². The molecule has 17 heavy (non-hydrogen) atoms. The molecule has 1 aliphatic heterocycles. The maximum Gasteiger partial charge on any atom is 0.141 e. The zero-order valence-electron chi connectivity index (χ0n) is 9.77. The number of pyridine rings is 1. The number of ether oxygens (including phenoxy) is 1. The molecular weight excluding hydrogens is 223 g/mol. The molecule has 0 spiro atoms. The summed E-state index contributed by atoms with van der Waals surface area (Å²) in [6.45, 7) is 3.32. The summed E-state index contributed by atoms with van der Waals surface area (Å²) in [7, 11) is 0. The summed E-state index contributed by atoms with van der Waals surface area (Å²) < 4.78 is 18.1. The number of nitrogens with one attached hydrogen (secondary N) is 1. The van der Waals surface area contributed by atoms with Crippen molar-refractivity contribution in [2.45, 2.75) is 31.5 Å². The summed E-state index contributed by atoms with van der Waals surface area (Å²) in [5.74, 6) is -0.395. The number of hydrogen-bond acceptors (Lipinski definition) is 4. The van der Waals surface area contributed by atoms with Crippen LogP contribution in [-0.4, -0.2) is 35.4 Å². The standard InChI is InChI=1S/C12H17FN2O2/c1-8-6-17-7-10(15-8)4-12(16)11-3-2-9(13)5-14-11/h2-3,5,8,10,12,15-16H,4,6-7H2,1H3. The smallest absolute Gasteiger partial charge is 0.141 e.